The molecule has 244 valence electrons. The lowest BCUT2D eigenvalue weighted by atomic mass is 9.72. The Morgan fingerprint density at radius 3 is 2.20 bits per heavy atom. The van der Waals surface area contributed by atoms with E-state index >= 15 is 0 Å². The van der Waals surface area contributed by atoms with Gasteiger partial charge >= 0.3 is 0 Å². The summed E-state index contributed by atoms with van der Waals surface area (Å²) in [6, 6.07) is 18.3. The molecule has 44 heavy (non-hydrogen) atoms. The molecule has 3 aliphatic heterocycles. The van der Waals surface area contributed by atoms with Crippen molar-refractivity contribution in [2.75, 3.05) is 20.3 Å². The molecule has 0 aliphatic carbocycles. The summed E-state index contributed by atoms with van der Waals surface area (Å²) in [6.45, 7) is 20.6. The summed E-state index contributed by atoms with van der Waals surface area (Å²) in [5.74, 6) is 0.139. The molecule has 7 nitrogen and oxygen atoms in total. The van der Waals surface area contributed by atoms with E-state index in [9.17, 15) is 0 Å². The van der Waals surface area contributed by atoms with E-state index in [2.05, 4.69) is 66.8 Å². The van der Waals surface area contributed by atoms with Crippen LogP contribution < -0.4 is 4.74 Å². The first-order chi connectivity index (χ1) is 20.8. The first-order valence-corrected chi connectivity index (χ1v) is 19.2. The minimum absolute atomic E-state index is 0.00452. The van der Waals surface area contributed by atoms with Gasteiger partial charge in [0, 0.05) is 24.4 Å². The molecule has 3 heterocycles. The van der Waals surface area contributed by atoms with Crippen molar-refractivity contribution in [2.45, 2.75) is 122 Å². The molecule has 0 radical (unpaired) electrons. The lowest BCUT2D eigenvalue weighted by Crippen LogP contribution is -2.60. The normalized spacial score (nSPS) is 31.8. The van der Waals surface area contributed by atoms with Gasteiger partial charge in [0.05, 0.1) is 45.2 Å². The van der Waals surface area contributed by atoms with Gasteiger partial charge in [-0.1, -0.05) is 84.0 Å². The minimum atomic E-state index is -2.08. The first-order valence-electron chi connectivity index (χ1n) is 16.3. The molecule has 3 aliphatic rings. The summed E-state index contributed by atoms with van der Waals surface area (Å²) >= 11 is 0. The van der Waals surface area contributed by atoms with Crippen LogP contribution in [-0.2, 0) is 41.3 Å². The molecule has 0 aromatic heterocycles. The summed E-state index contributed by atoms with van der Waals surface area (Å²) in [5.41, 5.74) is 1.79. The molecule has 0 unspecified atom stereocenters. The van der Waals surface area contributed by atoms with E-state index in [1.165, 1.54) is 5.56 Å². The molecular formula is C36H54O7Si. The van der Waals surface area contributed by atoms with E-state index in [-0.39, 0.29) is 41.5 Å². The lowest BCUT2D eigenvalue weighted by molar-refractivity contribution is -0.332. The topological polar surface area (TPSA) is 67.9 Å². The molecule has 2 aromatic rings. The zero-order chi connectivity index (χ0) is 31.8. The van der Waals surface area contributed by atoms with Gasteiger partial charge in [0.2, 0.25) is 0 Å². The van der Waals surface area contributed by atoms with Gasteiger partial charge in [-0.05, 0) is 47.8 Å². The van der Waals surface area contributed by atoms with E-state index in [4.69, 9.17) is 32.8 Å². The average Bonchev–Trinajstić information content (AvgIpc) is 3.79. The number of hydrogen-bond acceptors (Lipinski definition) is 7. The molecule has 0 saturated carbocycles. The molecule has 0 amide bonds. The molecule has 2 aromatic carbocycles. The van der Waals surface area contributed by atoms with Crippen molar-refractivity contribution in [3.8, 4) is 5.75 Å². The predicted molar refractivity (Wildman–Crippen MR) is 174 cm³/mol. The van der Waals surface area contributed by atoms with Gasteiger partial charge in [0.15, 0.2) is 14.1 Å². The molecule has 5 rings (SSSR count). The van der Waals surface area contributed by atoms with Gasteiger partial charge in [-0.3, -0.25) is 0 Å². The zero-order valence-electron chi connectivity index (χ0n) is 28.3. The van der Waals surface area contributed by atoms with Crippen LogP contribution in [0.3, 0.4) is 0 Å². The molecule has 3 saturated heterocycles. The number of rotatable bonds is 12. The van der Waals surface area contributed by atoms with E-state index in [1.54, 1.807) is 7.11 Å². The van der Waals surface area contributed by atoms with Crippen LogP contribution in [0.5, 0.6) is 5.75 Å². The summed E-state index contributed by atoms with van der Waals surface area (Å²) in [4.78, 5) is 0. The van der Waals surface area contributed by atoms with Gasteiger partial charge < -0.3 is 32.8 Å². The third-order valence-corrected chi connectivity index (χ3v) is 15.0. The standard InChI is InChI=1S/C36H54O7Si/c1-25-29(19-20-38-22-26-13-11-10-12-14-26)41-36(21-30(25)43-44(8,9)34(2,3)4)35(5,6)33(32(42-36)31-24-39-31)40-23-27-15-17-28(37-7)18-16-27/h10-18,25,29-33H,19-24H2,1-9H3/t25-,29+,30-,31+,32-,33+,36-/m0/s1. The maximum Gasteiger partial charge on any atom is 0.192 e. The highest BCUT2D eigenvalue weighted by Gasteiger charge is 2.68. The van der Waals surface area contributed by atoms with Gasteiger partial charge in [0.25, 0.3) is 0 Å². The van der Waals surface area contributed by atoms with Crippen molar-refractivity contribution in [2.24, 2.45) is 11.3 Å². The van der Waals surface area contributed by atoms with Crippen molar-refractivity contribution in [3.05, 3.63) is 65.7 Å². The Labute approximate surface area is 266 Å². The van der Waals surface area contributed by atoms with Crippen molar-refractivity contribution in [1.82, 2.24) is 0 Å². The summed E-state index contributed by atoms with van der Waals surface area (Å²) in [5, 5.41) is 0.0902. The summed E-state index contributed by atoms with van der Waals surface area (Å²) < 4.78 is 45.5. The van der Waals surface area contributed by atoms with Crippen LogP contribution in [0.2, 0.25) is 18.1 Å². The fraction of sp³-hybridized carbons (Fsp3) is 0.667. The van der Waals surface area contributed by atoms with E-state index < -0.39 is 19.5 Å². The van der Waals surface area contributed by atoms with E-state index in [0.717, 1.165) is 17.7 Å². The summed E-state index contributed by atoms with van der Waals surface area (Å²) in [6.07, 6.45) is 0.882. The monoisotopic (exact) mass is 626 g/mol. The third kappa shape index (κ3) is 7.12. The number of ether oxygens (including phenoxy) is 6. The fourth-order valence-electron chi connectivity index (χ4n) is 6.36. The first kappa shape index (κ1) is 33.6. The fourth-order valence-corrected chi connectivity index (χ4v) is 7.77. The number of epoxide rings is 1. The second-order valence-corrected chi connectivity index (χ2v) is 19.7. The van der Waals surface area contributed by atoms with Gasteiger partial charge in [0.1, 0.15) is 18.0 Å². The molecule has 0 bridgehead atoms. The molecule has 0 N–H and O–H groups in total. The Kier molecular flexibility index (Phi) is 10.0. The number of benzene rings is 2. The van der Waals surface area contributed by atoms with Crippen LogP contribution in [0.4, 0.5) is 0 Å². The molecule has 8 heteroatoms. The molecule has 7 atom stereocenters. The van der Waals surface area contributed by atoms with Crippen molar-refractivity contribution >= 4 is 8.32 Å². The Morgan fingerprint density at radius 2 is 1.59 bits per heavy atom. The zero-order valence-corrected chi connectivity index (χ0v) is 29.3. The number of methoxy groups -OCH3 is 1. The highest BCUT2D eigenvalue weighted by Crippen LogP contribution is 2.57. The second-order valence-electron chi connectivity index (χ2n) is 15.0. The SMILES string of the molecule is COc1ccc(CO[C@@H]2[C@H]([C@H]3CO3)O[C@@]3(C[C@H](O[Si](C)(C)C(C)(C)C)[C@@H](C)[C@@H](CCOCc4ccccc4)O3)C2(C)C)cc1. The van der Waals surface area contributed by atoms with Crippen LogP contribution in [0.1, 0.15) is 65.5 Å². The lowest BCUT2D eigenvalue weighted by Gasteiger charge is -2.53. The Hall–Kier alpha value is -1.78. The van der Waals surface area contributed by atoms with Crippen molar-refractivity contribution < 1.29 is 32.8 Å². The van der Waals surface area contributed by atoms with Gasteiger partial charge in [-0.2, -0.15) is 0 Å². The van der Waals surface area contributed by atoms with Crippen LogP contribution >= 0.6 is 0 Å². The predicted octanol–water partition coefficient (Wildman–Crippen LogP) is 7.52. The van der Waals surface area contributed by atoms with E-state index in [1.807, 2.05) is 42.5 Å². The second kappa shape index (κ2) is 13.1. The molecular weight excluding hydrogens is 572 g/mol. The number of hydrogen-bond donors (Lipinski definition) is 0. The maximum absolute atomic E-state index is 7.19. The van der Waals surface area contributed by atoms with Gasteiger partial charge in [-0.25, -0.2) is 0 Å². The largest absolute Gasteiger partial charge is 0.497 e. The molecule has 1 spiro atoms. The highest BCUT2D eigenvalue weighted by atomic mass is 28.4. The summed E-state index contributed by atoms with van der Waals surface area (Å²) in [7, 11) is -0.399. The Morgan fingerprint density at radius 1 is 0.932 bits per heavy atom. The Balaban J connectivity index is 1.37. The van der Waals surface area contributed by atoms with Crippen LogP contribution in [0, 0.1) is 11.3 Å². The smallest absolute Gasteiger partial charge is 0.192 e. The third-order valence-electron chi connectivity index (χ3n) is 10.5. The Bertz CT molecular complexity index is 1210. The average molecular weight is 627 g/mol. The highest BCUT2D eigenvalue weighted by molar-refractivity contribution is 6.74. The van der Waals surface area contributed by atoms with Crippen molar-refractivity contribution in [3.63, 3.8) is 0 Å². The van der Waals surface area contributed by atoms with Crippen LogP contribution in [0.15, 0.2) is 54.6 Å². The quantitative estimate of drug-likeness (QED) is 0.137. The van der Waals surface area contributed by atoms with Gasteiger partial charge in [-0.15, -0.1) is 0 Å². The van der Waals surface area contributed by atoms with Crippen LogP contribution in [-0.4, -0.2) is 64.9 Å². The van der Waals surface area contributed by atoms with Crippen molar-refractivity contribution in [1.29, 1.82) is 0 Å². The molecule has 3 fully saturated rings. The van der Waals surface area contributed by atoms with Crippen LogP contribution in [0.25, 0.3) is 0 Å². The van der Waals surface area contributed by atoms with E-state index in [0.29, 0.717) is 32.8 Å². The maximum atomic E-state index is 7.19. The minimum Gasteiger partial charge on any atom is -0.497 e.